The number of benzene rings is 2. The average molecular weight is 391 g/mol. The number of hydrogen-bond acceptors (Lipinski definition) is 6. The molecule has 4 rings (SSSR count). The van der Waals surface area contributed by atoms with Crippen molar-refractivity contribution >= 4 is 23.5 Å². The SMILES string of the molecule is Cn1nnnc1SCC(=O)Nc1cc(-c2ccccc2)nn1-c1ccccc1. The van der Waals surface area contributed by atoms with E-state index in [0.717, 1.165) is 16.9 Å². The molecular formula is C19H17N7OS. The molecule has 1 N–H and O–H groups in total. The molecule has 0 atom stereocenters. The Hall–Kier alpha value is -3.46. The van der Waals surface area contributed by atoms with E-state index in [1.165, 1.54) is 16.4 Å². The first-order valence-corrected chi connectivity index (χ1v) is 9.55. The van der Waals surface area contributed by atoms with Crippen molar-refractivity contribution in [1.29, 1.82) is 0 Å². The molecule has 140 valence electrons. The molecule has 2 aromatic carbocycles. The van der Waals surface area contributed by atoms with Crippen LogP contribution in [-0.2, 0) is 11.8 Å². The molecule has 4 aromatic rings. The minimum atomic E-state index is -0.162. The monoisotopic (exact) mass is 391 g/mol. The van der Waals surface area contributed by atoms with Crippen LogP contribution in [0.25, 0.3) is 16.9 Å². The Labute approximate surface area is 165 Å². The summed E-state index contributed by atoms with van der Waals surface area (Å²) in [6.45, 7) is 0. The van der Waals surface area contributed by atoms with Crippen LogP contribution in [0, 0.1) is 0 Å². The van der Waals surface area contributed by atoms with Crippen molar-refractivity contribution in [3.63, 3.8) is 0 Å². The third-order valence-corrected chi connectivity index (χ3v) is 4.97. The lowest BCUT2D eigenvalue weighted by molar-refractivity contribution is -0.113. The van der Waals surface area contributed by atoms with Crippen molar-refractivity contribution in [3.8, 4) is 16.9 Å². The molecule has 0 fully saturated rings. The Morgan fingerprint density at radius 2 is 1.79 bits per heavy atom. The number of carbonyl (C=O) groups excluding carboxylic acids is 1. The summed E-state index contributed by atoms with van der Waals surface area (Å²) in [4.78, 5) is 12.5. The van der Waals surface area contributed by atoms with Crippen molar-refractivity contribution in [1.82, 2.24) is 30.0 Å². The summed E-state index contributed by atoms with van der Waals surface area (Å²) in [5, 5.41) is 19.4. The van der Waals surface area contributed by atoms with Crippen LogP contribution in [0.3, 0.4) is 0 Å². The number of carbonyl (C=O) groups is 1. The van der Waals surface area contributed by atoms with Crippen LogP contribution in [0.15, 0.2) is 71.9 Å². The number of anilines is 1. The Morgan fingerprint density at radius 3 is 2.46 bits per heavy atom. The van der Waals surface area contributed by atoms with Gasteiger partial charge < -0.3 is 5.32 Å². The summed E-state index contributed by atoms with van der Waals surface area (Å²) < 4.78 is 3.26. The number of aryl methyl sites for hydroxylation is 1. The fourth-order valence-corrected chi connectivity index (χ4v) is 3.29. The second-order valence-corrected chi connectivity index (χ2v) is 6.89. The standard InChI is InChI=1S/C19H17N7OS/c1-25-19(21-23-24-25)28-13-18(27)20-17-12-16(14-8-4-2-5-9-14)22-26(17)15-10-6-3-7-11-15/h2-12H,13H2,1H3,(H,20,27). The van der Waals surface area contributed by atoms with Gasteiger partial charge in [0.1, 0.15) is 5.82 Å². The van der Waals surface area contributed by atoms with Gasteiger partial charge in [-0.25, -0.2) is 9.36 Å². The zero-order chi connectivity index (χ0) is 19.3. The molecule has 28 heavy (non-hydrogen) atoms. The van der Waals surface area contributed by atoms with Gasteiger partial charge in [-0.05, 0) is 22.6 Å². The van der Waals surface area contributed by atoms with Crippen molar-refractivity contribution in [2.45, 2.75) is 5.16 Å². The summed E-state index contributed by atoms with van der Waals surface area (Å²) >= 11 is 1.27. The van der Waals surface area contributed by atoms with Crippen LogP contribution >= 0.6 is 11.8 Å². The third kappa shape index (κ3) is 3.94. The lowest BCUT2D eigenvalue weighted by Crippen LogP contribution is -2.17. The van der Waals surface area contributed by atoms with Gasteiger partial charge in [-0.2, -0.15) is 5.10 Å². The first-order chi connectivity index (χ1) is 13.7. The van der Waals surface area contributed by atoms with Gasteiger partial charge in [0.05, 0.1) is 17.1 Å². The summed E-state index contributed by atoms with van der Waals surface area (Å²) in [7, 11) is 1.73. The van der Waals surface area contributed by atoms with E-state index in [2.05, 4.69) is 25.9 Å². The normalized spacial score (nSPS) is 10.8. The van der Waals surface area contributed by atoms with Gasteiger partial charge in [0.25, 0.3) is 0 Å². The topological polar surface area (TPSA) is 90.5 Å². The van der Waals surface area contributed by atoms with Crippen LogP contribution in [0.5, 0.6) is 0 Å². The third-order valence-electron chi connectivity index (χ3n) is 3.96. The average Bonchev–Trinajstić information content (AvgIpc) is 3.34. The molecule has 1 amide bonds. The van der Waals surface area contributed by atoms with Gasteiger partial charge in [-0.15, -0.1) is 5.10 Å². The van der Waals surface area contributed by atoms with E-state index in [-0.39, 0.29) is 11.7 Å². The highest BCUT2D eigenvalue weighted by atomic mass is 32.2. The van der Waals surface area contributed by atoms with Crippen molar-refractivity contribution in [2.75, 3.05) is 11.1 Å². The molecule has 0 aliphatic carbocycles. The zero-order valence-electron chi connectivity index (χ0n) is 15.1. The van der Waals surface area contributed by atoms with Crippen molar-refractivity contribution in [3.05, 3.63) is 66.7 Å². The lowest BCUT2D eigenvalue weighted by atomic mass is 10.2. The molecule has 8 nitrogen and oxygen atoms in total. The smallest absolute Gasteiger partial charge is 0.236 e. The fourth-order valence-electron chi connectivity index (χ4n) is 2.64. The largest absolute Gasteiger partial charge is 0.310 e. The molecule has 0 bridgehead atoms. The second-order valence-electron chi connectivity index (χ2n) is 5.95. The van der Waals surface area contributed by atoms with Crippen LogP contribution in [0.1, 0.15) is 0 Å². The van der Waals surface area contributed by atoms with Gasteiger partial charge >= 0.3 is 0 Å². The highest BCUT2D eigenvalue weighted by molar-refractivity contribution is 7.99. The predicted octanol–water partition coefficient (Wildman–Crippen LogP) is 2.79. The Balaban J connectivity index is 1.58. The van der Waals surface area contributed by atoms with Crippen LogP contribution < -0.4 is 5.32 Å². The molecule has 0 saturated heterocycles. The number of aromatic nitrogens is 6. The fraction of sp³-hybridized carbons (Fsp3) is 0.105. The maximum atomic E-state index is 12.5. The van der Waals surface area contributed by atoms with E-state index in [1.807, 2.05) is 66.7 Å². The molecule has 2 heterocycles. The highest BCUT2D eigenvalue weighted by Crippen LogP contribution is 2.25. The minimum absolute atomic E-state index is 0.162. The predicted molar refractivity (Wildman–Crippen MR) is 107 cm³/mol. The molecule has 9 heteroatoms. The van der Waals surface area contributed by atoms with E-state index >= 15 is 0 Å². The maximum absolute atomic E-state index is 12.5. The summed E-state index contributed by atoms with van der Waals surface area (Å²) in [5.74, 6) is 0.630. The van der Waals surface area contributed by atoms with Gasteiger partial charge in [0.15, 0.2) is 0 Å². The number of tetrazole rings is 1. The van der Waals surface area contributed by atoms with E-state index in [1.54, 1.807) is 11.7 Å². The second kappa shape index (κ2) is 8.05. The first kappa shape index (κ1) is 17.9. The number of para-hydroxylation sites is 1. The quantitative estimate of drug-likeness (QED) is 0.508. The molecule has 0 aliphatic rings. The minimum Gasteiger partial charge on any atom is -0.310 e. The molecule has 0 radical (unpaired) electrons. The lowest BCUT2D eigenvalue weighted by Gasteiger charge is -2.08. The highest BCUT2D eigenvalue weighted by Gasteiger charge is 2.15. The molecule has 0 aliphatic heterocycles. The van der Waals surface area contributed by atoms with E-state index in [9.17, 15) is 4.79 Å². The molecule has 0 spiro atoms. The molecule has 0 saturated carbocycles. The van der Waals surface area contributed by atoms with Crippen LogP contribution in [0.4, 0.5) is 5.82 Å². The maximum Gasteiger partial charge on any atom is 0.236 e. The van der Waals surface area contributed by atoms with E-state index < -0.39 is 0 Å². The Morgan fingerprint density at radius 1 is 1.07 bits per heavy atom. The van der Waals surface area contributed by atoms with Crippen LogP contribution in [0.2, 0.25) is 0 Å². The molecule has 0 unspecified atom stereocenters. The summed E-state index contributed by atoms with van der Waals surface area (Å²) in [6.07, 6.45) is 0. The van der Waals surface area contributed by atoms with E-state index in [4.69, 9.17) is 0 Å². The number of nitrogens with one attached hydrogen (secondary N) is 1. The number of rotatable bonds is 6. The van der Waals surface area contributed by atoms with Gasteiger partial charge in [0, 0.05) is 18.7 Å². The number of thioether (sulfide) groups is 1. The Bertz CT molecular complexity index is 1080. The Kier molecular flexibility index (Phi) is 5.16. The zero-order valence-corrected chi connectivity index (χ0v) is 15.9. The van der Waals surface area contributed by atoms with Crippen LogP contribution in [-0.4, -0.2) is 41.6 Å². The van der Waals surface area contributed by atoms with Crippen molar-refractivity contribution < 1.29 is 4.79 Å². The number of hydrogen-bond donors (Lipinski definition) is 1. The summed E-state index contributed by atoms with van der Waals surface area (Å²) in [5.41, 5.74) is 2.63. The summed E-state index contributed by atoms with van der Waals surface area (Å²) in [6, 6.07) is 21.4. The molecule has 2 aromatic heterocycles. The molecular weight excluding hydrogens is 374 g/mol. The van der Waals surface area contributed by atoms with Crippen molar-refractivity contribution in [2.24, 2.45) is 7.05 Å². The van der Waals surface area contributed by atoms with E-state index in [0.29, 0.717) is 11.0 Å². The van der Waals surface area contributed by atoms with Gasteiger partial charge in [-0.3, -0.25) is 4.79 Å². The first-order valence-electron chi connectivity index (χ1n) is 8.56. The van der Waals surface area contributed by atoms with Gasteiger partial charge in [-0.1, -0.05) is 60.3 Å². The number of amides is 1. The van der Waals surface area contributed by atoms with Gasteiger partial charge in [0.2, 0.25) is 11.1 Å². The number of nitrogens with zero attached hydrogens (tertiary/aromatic N) is 6.